The van der Waals surface area contributed by atoms with Crippen molar-refractivity contribution in [2.75, 3.05) is 7.11 Å². The highest BCUT2D eigenvalue weighted by Gasteiger charge is 2.38. The van der Waals surface area contributed by atoms with Crippen LogP contribution in [0.1, 0.15) is 28.0 Å². The molecule has 0 spiro atoms. The first kappa shape index (κ1) is 13.3. The number of esters is 1. The Hall–Kier alpha value is -1.73. The van der Waals surface area contributed by atoms with Crippen molar-refractivity contribution in [1.29, 1.82) is 0 Å². The third kappa shape index (κ3) is 2.89. The number of rotatable bonds is 2. The van der Waals surface area contributed by atoms with Gasteiger partial charge >= 0.3 is 12.1 Å². The molecule has 0 saturated carbocycles. The number of alkyl halides is 5. The summed E-state index contributed by atoms with van der Waals surface area (Å²) in [7, 11) is 0.974. The zero-order chi connectivity index (χ0) is 13.2. The first-order chi connectivity index (χ1) is 7.77. The van der Waals surface area contributed by atoms with E-state index >= 15 is 0 Å². The highest BCUT2D eigenvalue weighted by molar-refractivity contribution is 5.89. The van der Waals surface area contributed by atoms with Crippen LogP contribution in [0.3, 0.4) is 0 Å². The monoisotopic (exact) mass is 255 g/mol. The minimum atomic E-state index is -5.00. The molecule has 3 nitrogen and oxygen atoms in total. The van der Waals surface area contributed by atoms with Crippen LogP contribution in [0.2, 0.25) is 0 Å². The van der Waals surface area contributed by atoms with E-state index in [0.717, 1.165) is 7.11 Å². The predicted octanol–water partition coefficient (Wildman–Crippen LogP) is 2.82. The Morgan fingerprint density at radius 1 is 1.41 bits per heavy atom. The molecule has 17 heavy (non-hydrogen) atoms. The van der Waals surface area contributed by atoms with Crippen molar-refractivity contribution in [2.24, 2.45) is 0 Å². The second-order valence-electron chi connectivity index (χ2n) is 2.95. The van der Waals surface area contributed by atoms with Gasteiger partial charge in [-0.05, 0) is 6.07 Å². The molecule has 1 aromatic rings. The first-order valence-electron chi connectivity index (χ1n) is 4.21. The number of aromatic nitrogens is 1. The molecule has 1 heterocycles. The van der Waals surface area contributed by atoms with Gasteiger partial charge in [0.25, 0.3) is 6.43 Å². The van der Waals surface area contributed by atoms with Gasteiger partial charge in [0.2, 0.25) is 0 Å². The number of hydrogen-bond donors (Lipinski definition) is 0. The van der Waals surface area contributed by atoms with Crippen LogP contribution >= 0.6 is 0 Å². The fourth-order valence-corrected chi connectivity index (χ4v) is 1.11. The van der Waals surface area contributed by atoms with Gasteiger partial charge in [-0.15, -0.1) is 0 Å². The molecule has 94 valence electrons. The topological polar surface area (TPSA) is 39.2 Å². The van der Waals surface area contributed by atoms with E-state index in [2.05, 4.69) is 9.72 Å². The number of pyridine rings is 1. The van der Waals surface area contributed by atoms with Crippen molar-refractivity contribution in [3.8, 4) is 0 Å². The van der Waals surface area contributed by atoms with E-state index in [4.69, 9.17) is 0 Å². The first-order valence-corrected chi connectivity index (χ1v) is 4.21. The molecule has 0 unspecified atom stereocenters. The van der Waals surface area contributed by atoms with Crippen LogP contribution in [0, 0.1) is 0 Å². The molecule has 0 atom stereocenters. The number of ether oxygens (including phenoxy) is 1. The molecule has 0 amide bonds. The molecule has 0 aliphatic carbocycles. The number of halogens is 5. The van der Waals surface area contributed by atoms with Crippen molar-refractivity contribution in [3.05, 3.63) is 29.1 Å². The Morgan fingerprint density at radius 2 is 2.00 bits per heavy atom. The summed E-state index contributed by atoms with van der Waals surface area (Å²) in [6.07, 6.45) is -7.84. The van der Waals surface area contributed by atoms with Crippen molar-refractivity contribution in [1.82, 2.24) is 4.98 Å². The Labute approximate surface area is 92.2 Å². The van der Waals surface area contributed by atoms with Gasteiger partial charge < -0.3 is 4.74 Å². The molecule has 0 radical (unpaired) electrons. The molecule has 0 saturated heterocycles. The lowest BCUT2D eigenvalue weighted by Crippen LogP contribution is -2.14. The van der Waals surface area contributed by atoms with Gasteiger partial charge in [-0.2, -0.15) is 13.2 Å². The van der Waals surface area contributed by atoms with Crippen LogP contribution in [-0.4, -0.2) is 18.1 Å². The maximum absolute atomic E-state index is 12.4. The number of nitrogens with zero attached hydrogens (tertiary/aromatic N) is 1. The minimum Gasteiger partial charge on any atom is -0.465 e. The molecular weight excluding hydrogens is 249 g/mol. The second kappa shape index (κ2) is 4.64. The van der Waals surface area contributed by atoms with E-state index in [9.17, 15) is 26.7 Å². The van der Waals surface area contributed by atoms with Gasteiger partial charge in [-0.3, -0.25) is 4.98 Å². The number of hydrogen-bond acceptors (Lipinski definition) is 3. The van der Waals surface area contributed by atoms with Gasteiger partial charge in [-0.25, -0.2) is 13.6 Å². The van der Waals surface area contributed by atoms with Crippen molar-refractivity contribution < 1.29 is 31.5 Å². The van der Waals surface area contributed by atoms with Crippen molar-refractivity contribution in [2.45, 2.75) is 12.6 Å². The van der Waals surface area contributed by atoms with Gasteiger partial charge in [-0.1, -0.05) is 0 Å². The van der Waals surface area contributed by atoms with Gasteiger partial charge in [0.05, 0.1) is 12.7 Å². The molecule has 0 fully saturated rings. The fraction of sp³-hybridized carbons (Fsp3) is 0.333. The average Bonchev–Trinajstić information content (AvgIpc) is 2.25. The average molecular weight is 255 g/mol. The lowest BCUT2D eigenvalue weighted by atomic mass is 10.1. The Morgan fingerprint density at radius 3 is 2.41 bits per heavy atom. The van der Waals surface area contributed by atoms with E-state index in [1.165, 1.54) is 0 Å². The standard InChI is InChI=1S/C9H6F5NO2/c1-17-8(16)4-2-5(7(10)11)6(15-3-4)9(12,13)14/h2-3,7H,1H3. The number of carbonyl (C=O) groups excluding carboxylic acids is 1. The number of carbonyl (C=O) groups is 1. The van der Waals surface area contributed by atoms with Crippen LogP contribution in [0.15, 0.2) is 12.3 Å². The third-order valence-corrected chi connectivity index (χ3v) is 1.84. The van der Waals surface area contributed by atoms with Crippen molar-refractivity contribution >= 4 is 5.97 Å². The maximum atomic E-state index is 12.4. The van der Waals surface area contributed by atoms with Crippen LogP contribution < -0.4 is 0 Å². The Kier molecular flexibility index (Phi) is 3.64. The molecule has 1 rings (SSSR count). The molecule has 0 aliphatic heterocycles. The van der Waals surface area contributed by atoms with E-state index in [0.29, 0.717) is 12.3 Å². The molecule has 0 bridgehead atoms. The number of methoxy groups -OCH3 is 1. The van der Waals surface area contributed by atoms with Crippen LogP contribution in [0.5, 0.6) is 0 Å². The SMILES string of the molecule is COC(=O)c1cnc(C(F)(F)F)c(C(F)F)c1. The summed E-state index contributed by atoms with van der Waals surface area (Å²) in [6.45, 7) is 0. The van der Waals surface area contributed by atoms with E-state index < -0.39 is 35.4 Å². The lowest BCUT2D eigenvalue weighted by Gasteiger charge is -2.11. The molecule has 8 heteroatoms. The zero-order valence-corrected chi connectivity index (χ0v) is 8.39. The normalized spacial score (nSPS) is 11.7. The van der Waals surface area contributed by atoms with E-state index in [1.54, 1.807) is 0 Å². The summed E-state index contributed by atoms with van der Waals surface area (Å²) >= 11 is 0. The molecular formula is C9H6F5NO2. The van der Waals surface area contributed by atoms with E-state index in [1.807, 2.05) is 0 Å². The smallest absolute Gasteiger partial charge is 0.433 e. The summed E-state index contributed by atoms with van der Waals surface area (Å²) in [4.78, 5) is 13.8. The van der Waals surface area contributed by atoms with Crippen LogP contribution in [0.4, 0.5) is 22.0 Å². The fourth-order valence-electron chi connectivity index (χ4n) is 1.11. The molecule has 0 N–H and O–H groups in total. The summed E-state index contributed by atoms with van der Waals surface area (Å²) in [5, 5.41) is 0. The maximum Gasteiger partial charge on any atom is 0.433 e. The molecule has 1 aromatic heterocycles. The van der Waals surface area contributed by atoms with Gasteiger partial charge in [0, 0.05) is 11.8 Å². The molecule has 0 aliphatic rings. The summed E-state index contributed by atoms with van der Waals surface area (Å²) in [5.41, 5.74) is -3.52. The Balaban J connectivity index is 3.32. The summed E-state index contributed by atoms with van der Waals surface area (Å²) < 4.78 is 66.0. The highest BCUT2D eigenvalue weighted by atomic mass is 19.4. The van der Waals surface area contributed by atoms with Crippen LogP contribution in [-0.2, 0) is 10.9 Å². The predicted molar refractivity (Wildman–Crippen MR) is 45.5 cm³/mol. The van der Waals surface area contributed by atoms with Crippen LogP contribution in [0.25, 0.3) is 0 Å². The second-order valence-corrected chi connectivity index (χ2v) is 2.95. The minimum absolute atomic E-state index is 0.423. The largest absolute Gasteiger partial charge is 0.465 e. The van der Waals surface area contributed by atoms with Gasteiger partial charge in [0.15, 0.2) is 5.69 Å². The summed E-state index contributed by atoms with van der Waals surface area (Å²) in [5.74, 6) is -1.03. The lowest BCUT2D eigenvalue weighted by molar-refractivity contribution is -0.143. The van der Waals surface area contributed by atoms with Crippen molar-refractivity contribution in [3.63, 3.8) is 0 Å². The zero-order valence-electron chi connectivity index (χ0n) is 8.39. The Bertz CT molecular complexity index is 430. The molecule has 0 aromatic carbocycles. The van der Waals surface area contributed by atoms with Gasteiger partial charge in [0.1, 0.15) is 0 Å². The quantitative estimate of drug-likeness (QED) is 0.602. The third-order valence-electron chi connectivity index (χ3n) is 1.84. The van der Waals surface area contributed by atoms with E-state index in [-0.39, 0.29) is 0 Å². The highest BCUT2D eigenvalue weighted by Crippen LogP contribution is 2.35. The summed E-state index contributed by atoms with van der Waals surface area (Å²) in [6, 6.07) is 0.423.